The van der Waals surface area contributed by atoms with Crippen LogP contribution >= 0.6 is 0 Å². The zero-order chi connectivity index (χ0) is 21.1. The fourth-order valence-electron chi connectivity index (χ4n) is 5.13. The largest absolute Gasteiger partial charge is 0.356 e. The number of carbonyl (C=O) groups excluding carboxylic acids is 1. The van der Waals surface area contributed by atoms with E-state index < -0.39 is 0 Å². The van der Waals surface area contributed by atoms with E-state index in [-0.39, 0.29) is 11.9 Å². The maximum absolute atomic E-state index is 12.8. The van der Waals surface area contributed by atoms with Crippen LogP contribution in [0.5, 0.6) is 0 Å². The molecule has 3 aromatic heterocycles. The van der Waals surface area contributed by atoms with E-state index in [1.165, 1.54) is 12.0 Å². The Bertz CT molecular complexity index is 1150. The lowest BCUT2D eigenvalue weighted by atomic mass is 10.2. The summed E-state index contributed by atoms with van der Waals surface area (Å²) in [6.07, 6.45) is 6.68. The second-order valence-electron chi connectivity index (χ2n) is 9.28. The molecule has 0 aromatic carbocycles. The average Bonchev–Trinajstić information content (AvgIpc) is 3.22. The van der Waals surface area contributed by atoms with Gasteiger partial charge in [-0.3, -0.25) is 14.6 Å². The molecule has 8 nitrogen and oxygen atoms in total. The molecule has 3 aliphatic rings. The van der Waals surface area contributed by atoms with E-state index in [4.69, 9.17) is 4.98 Å². The number of pyridine rings is 1. The molecule has 0 bridgehead atoms. The lowest BCUT2D eigenvalue weighted by Gasteiger charge is -2.20. The van der Waals surface area contributed by atoms with Crippen LogP contribution in [-0.4, -0.2) is 44.0 Å². The fourth-order valence-corrected chi connectivity index (χ4v) is 5.13. The number of aryl methyl sites for hydroxylation is 2. The number of piperidine rings is 1. The summed E-state index contributed by atoms with van der Waals surface area (Å²) in [6, 6.07) is 4.22. The predicted octanol–water partition coefficient (Wildman–Crippen LogP) is 2.54. The first-order chi connectivity index (χ1) is 15.0. The van der Waals surface area contributed by atoms with Crippen LogP contribution in [0.1, 0.15) is 57.5 Å². The number of nitrogens with zero attached hydrogens (tertiary/aromatic N) is 5. The summed E-state index contributed by atoms with van der Waals surface area (Å²) >= 11 is 0. The van der Waals surface area contributed by atoms with Gasteiger partial charge in [-0.2, -0.15) is 10.2 Å². The summed E-state index contributed by atoms with van der Waals surface area (Å²) in [4.78, 5) is 20.0. The summed E-state index contributed by atoms with van der Waals surface area (Å²) in [5, 5.41) is 14.9. The number of H-pyrrole nitrogens is 1. The molecule has 2 aliphatic carbocycles. The number of amides is 1. The van der Waals surface area contributed by atoms with Crippen molar-refractivity contribution in [2.24, 2.45) is 11.8 Å². The van der Waals surface area contributed by atoms with Gasteiger partial charge in [0.2, 0.25) is 0 Å². The molecule has 1 saturated heterocycles. The molecule has 160 valence electrons. The zero-order valence-electron chi connectivity index (χ0n) is 17.9. The van der Waals surface area contributed by atoms with E-state index in [2.05, 4.69) is 44.6 Å². The van der Waals surface area contributed by atoms with Crippen molar-refractivity contribution in [3.63, 3.8) is 0 Å². The SMILES string of the molecule is Cc1nc(N2CC3CC3C2)ccc1Cn1cc(C(=O)N[C@H]2CCc3c2n[nH]c3C)cn1. The number of fused-ring (bicyclic) bond motifs is 2. The molecule has 6 rings (SSSR count). The molecule has 0 radical (unpaired) electrons. The van der Waals surface area contributed by atoms with Crippen LogP contribution in [0.2, 0.25) is 0 Å². The molecule has 0 spiro atoms. The highest BCUT2D eigenvalue weighted by Gasteiger charge is 2.45. The molecule has 1 amide bonds. The maximum atomic E-state index is 12.8. The number of aromatic amines is 1. The number of anilines is 1. The van der Waals surface area contributed by atoms with Crippen molar-refractivity contribution >= 4 is 11.7 Å². The van der Waals surface area contributed by atoms with Crippen LogP contribution in [0.4, 0.5) is 5.82 Å². The van der Waals surface area contributed by atoms with Gasteiger partial charge in [-0.1, -0.05) is 6.07 Å². The first-order valence-electron chi connectivity index (χ1n) is 11.1. The van der Waals surface area contributed by atoms with E-state index >= 15 is 0 Å². The van der Waals surface area contributed by atoms with Gasteiger partial charge in [0, 0.05) is 30.7 Å². The van der Waals surface area contributed by atoms with Crippen LogP contribution in [0.3, 0.4) is 0 Å². The van der Waals surface area contributed by atoms with Crippen molar-refractivity contribution in [1.29, 1.82) is 0 Å². The van der Waals surface area contributed by atoms with Crippen molar-refractivity contribution < 1.29 is 4.79 Å². The van der Waals surface area contributed by atoms with Gasteiger partial charge in [0.15, 0.2) is 0 Å². The summed E-state index contributed by atoms with van der Waals surface area (Å²) in [5.41, 5.74) is 6.01. The number of nitrogens with one attached hydrogen (secondary N) is 2. The standard InChI is InChI=1S/C23H27N7O/c1-13-15(3-6-21(25-13)29-9-16-7-17(16)10-29)11-30-12-18(8-24-30)23(31)26-20-5-4-19-14(2)27-28-22(19)20/h3,6,8,12,16-17,20H,4-5,7,9-11H2,1-2H3,(H,26,31)(H,27,28)/t16?,17?,20-/m0/s1. The van der Waals surface area contributed by atoms with Crippen LogP contribution in [-0.2, 0) is 13.0 Å². The lowest BCUT2D eigenvalue weighted by molar-refractivity contribution is 0.0936. The molecule has 31 heavy (non-hydrogen) atoms. The Labute approximate surface area is 181 Å². The third-order valence-corrected chi connectivity index (χ3v) is 7.14. The molecule has 1 saturated carbocycles. The van der Waals surface area contributed by atoms with E-state index in [1.54, 1.807) is 6.20 Å². The minimum Gasteiger partial charge on any atom is -0.356 e. The highest BCUT2D eigenvalue weighted by molar-refractivity contribution is 5.94. The van der Waals surface area contributed by atoms with Gasteiger partial charge in [-0.05, 0) is 62.1 Å². The van der Waals surface area contributed by atoms with Crippen LogP contribution in [0, 0.1) is 25.7 Å². The molecule has 2 unspecified atom stereocenters. The Morgan fingerprint density at radius 3 is 2.90 bits per heavy atom. The van der Waals surface area contributed by atoms with Gasteiger partial charge in [0.05, 0.1) is 30.0 Å². The van der Waals surface area contributed by atoms with Gasteiger partial charge in [-0.15, -0.1) is 0 Å². The van der Waals surface area contributed by atoms with Crippen LogP contribution in [0.25, 0.3) is 0 Å². The summed E-state index contributed by atoms with van der Waals surface area (Å²) in [5.74, 6) is 2.76. The van der Waals surface area contributed by atoms with Crippen molar-refractivity contribution in [2.45, 2.75) is 45.7 Å². The molecule has 8 heteroatoms. The number of hydrogen-bond acceptors (Lipinski definition) is 5. The van der Waals surface area contributed by atoms with E-state index in [9.17, 15) is 4.79 Å². The Balaban J connectivity index is 1.12. The fraction of sp³-hybridized carbons (Fsp3) is 0.478. The summed E-state index contributed by atoms with van der Waals surface area (Å²) in [6.45, 7) is 6.97. The van der Waals surface area contributed by atoms with Crippen molar-refractivity contribution in [3.05, 3.63) is 58.3 Å². The van der Waals surface area contributed by atoms with E-state index in [0.717, 1.165) is 66.2 Å². The maximum Gasteiger partial charge on any atom is 0.255 e. The van der Waals surface area contributed by atoms with Crippen molar-refractivity contribution in [3.8, 4) is 0 Å². The minimum atomic E-state index is -0.109. The topological polar surface area (TPSA) is 91.7 Å². The Hall–Kier alpha value is -3.16. The summed E-state index contributed by atoms with van der Waals surface area (Å²) < 4.78 is 1.81. The first-order valence-corrected chi connectivity index (χ1v) is 11.1. The normalized spacial score (nSPS) is 23.7. The zero-order valence-corrected chi connectivity index (χ0v) is 17.9. The van der Waals surface area contributed by atoms with E-state index in [1.807, 2.05) is 17.8 Å². The van der Waals surface area contributed by atoms with Crippen molar-refractivity contribution in [2.75, 3.05) is 18.0 Å². The van der Waals surface area contributed by atoms with Gasteiger partial charge in [-0.25, -0.2) is 4.98 Å². The van der Waals surface area contributed by atoms with Gasteiger partial charge >= 0.3 is 0 Å². The quantitative estimate of drug-likeness (QED) is 0.666. The number of rotatable bonds is 5. The molecule has 2 fully saturated rings. The molecular formula is C23H27N7O. The Morgan fingerprint density at radius 2 is 2.10 bits per heavy atom. The van der Waals surface area contributed by atoms with Crippen molar-refractivity contribution in [1.82, 2.24) is 30.3 Å². The molecular weight excluding hydrogens is 390 g/mol. The summed E-state index contributed by atoms with van der Waals surface area (Å²) in [7, 11) is 0. The van der Waals surface area contributed by atoms with Gasteiger partial charge in [0.25, 0.3) is 5.91 Å². The molecule has 4 heterocycles. The van der Waals surface area contributed by atoms with Gasteiger partial charge < -0.3 is 10.2 Å². The number of hydrogen-bond donors (Lipinski definition) is 2. The number of aromatic nitrogens is 5. The van der Waals surface area contributed by atoms with E-state index in [0.29, 0.717) is 12.1 Å². The highest BCUT2D eigenvalue weighted by atomic mass is 16.1. The molecule has 3 aromatic rings. The second kappa shape index (κ2) is 6.93. The van der Waals surface area contributed by atoms with Gasteiger partial charge in [0.1, 0.15) is 5.82 Å². The monoisotopic (exact) mass is 417 g/mol. The number of carbonyl (C=O) groups is 1. The third-order valence-electron chi connectivity index (χ3n) is 7.14. The average molecular weight is 418 g/mol. The van der Waals surface area contributed by atoms with Crippen LogP contribution in [0.15, 0.2) is 24.5 Å². The smallest absolute Gasteiger partial charge is 0.255 e. The second-order valence-corrected chi connectivity index (χ2v) is 9.28. The predicted molar refractivity (Wildman–Crippen MR) is 116 cm³/mol. The first kappa shape index (κ1) is 18.6. The Kier molecular flexibility index (Phi) is 4.16. The highest BCUT2D eigenvalue weighted by Crippen LogP contribution is 2.46. The molecule has 2 N–H and O–H groups in total. The third kappa shape index (κ3) is 3.30. The minimum absolute atomic E-state index is 0.0357. The van der Waals surface area contributed by atoms with Crippen LogP contribution < -0.4 is 10.2 Å². The molecule has 1 aliphatic heterocycles. The Morgan fingerprint density at radius 1 is 1.26 bits per heavy atom. The lowest BCUT2D eigenvalue weighted by Crippen LogP contribution is -2.27. The molecule has 3 atom stereocenters.